The first-order valence-corrected chi connectivity index (χ1v) is 12.1. The van der Waals surface area contributed by atoms with Crippen molar-refractivity contribution in [3.05, 3.63) is 99.6 Å². The molecule has 4 rings (SSSR count). The molecule has 0 saturated carbocycles. The number of nitrogens with zero attached hydrogens (tertiary/aromatic N) is 1. The van der Waals surface area contributed by atoms with E-state index in [1.54, 1.807) is 38.1 Å². The van der Waals surface area contributed by atoms with Gasteiger partial charge in [-0.1, -0.05) is 17.7 Å². The average Bonchev–Trinajstić information content (AvgIpc) is 2.79. The summed E-state index contributed by atoms with van der Waals surface area (Å²) < 4.78 is 41.5. The van der Waals surface area contributed by atoms with Crippen molar-refractivity contribution in [1.82, 2.24) is 4.57 Å². The molecule has 0 aliphatic heterocycles. The van der Waals surface area contributed by atoms with E-state index >= 15 is 0 Å². The monoisotopic (exact) mass is 478 g/mol. The SMILES string of the molecule is Cc1ccc2c(c1)c(=O)c(S(=O)(=O)c1ccc(C)c(C)c1)cn2CC(=O)Nc1ccc(F)cc1. The minimum absolute atomic E-state index is 0.0158. The molecule has 0 spiro atoms. The molecule has 3 aromatic carbocycles. The lowest BCUT2D eigenvalue weighted by Gasteiger charge is -2.15. The maximum absolute atomic E-state index is 13.5. The zero-order valence-corrected chi connectivity index (χ0v) is 19.7. The summed E-state index contributed by atoms with van der Waals surface area (Å²) in [7, 11) is -4.14. The Kier molecular flexibility index (Phi) is 6.10. The van der Waals surface area contributed by atoms with E-state index in [4.69, 9.17) is 0 Å². The Hall–Kier alpha value is -3.78. The second-order valence-corrected chi connectivity index (χ2v) is 10.2. The predicted octanol–water partition coefficient (Wildman–Crippen LogP) is 4.54. The molecule has 0 aliphatic carbocycles. The molecule has 4 aromatic rings. The van der Waals surface area contributed by atoms with Crippen LogP contribution in [-0.2, 0) is 21.2 Å². The van der Waals surface area contributed by atoms with Crippen LogP contribution in [0, 0.1) is 26.6 Å². The average molecular weight is 479 g/mol. The van der Waals surface area contributed by atoms with Gasteiger partial charge in [0.25, 0.3) is 0 Å². The van der Waals surface area contributed by atoms with Crippen molar-refractivity contribution in [2.75, 3.05) is 5.32 Å². The van der Waals surface area contributed by atoms with Gasteiger partial charge < -0.3 is 9.88 Å². The summed E-state index contributed by atoms with van der Waals surface area (Å²) >= 11 is 0. The summed E-state index contributed by atoms with van der Waals surface area (Å²) in [5, 5.41) is 2.87. The molecular formula is C26H23FN2O4S. The first-order valence-electron chi connectivity index (χ1n) is 10.6. The first kappa shape index (κ1) is 23.4. The third-order valence-electron chi connectivity index (χ3n) is 5.72. The summed E-state index contributed by atoms with van der Waals surface area (Å²) in [6.45, 7) is 5.23. The highest BCUT2D eigenvalue weighted by Crippen LogP contribution is 2.24. The Labute approximate surface area is 196 Å². The summed E-state index contributed by atoms with van der Waals surface area (Å²) in [6, 6.07) is 15.1. The van der Waals surface area contributed by atoms with E-state index in [-0.39, 0.29) is 16.8 Å². The van der Waals surface area contributed by atoms with Gasteiger partial charge in [-0.2, -0.15) is 0 Å². The number of aromatic nitrogens is 1. The van der Waals surface area contributed by atoms with E-state index in [0.717, 1.165) is 16.7 Å². The van der Waals surface area contributed by atoms with Gasteiger partial charge >= 0.3 is 0 Å². The Bertz CT molecular complexity index is 1590. The van der Waals surface area contributed by atoms with Crippen molar-refractivity contribution in [2.45, 2.75) is 37.1 Å². The van der Waals surface area contributed by atoms with E-state index in [1.165, 1.54) is 47.2 Å². The van der Waals surface area contributed by atoms with Gasteiger partial charge in [-0.3, -0.25) is 9.59 Å². The van der Waals surface area contributed by atoms with E-state index in [1.807, 2.05) is 6.92 Å². The van der Waals surface area contributed by atoms with Gasteiger partial charge in [0.1, 0.15) is 17.3 Å². The molecule has 1 N–H and O–H groups in total. The Morgan fingerprint density at radius 2 is 1.65 bits per heavy atom. The van der Waals surface area contributed by atoms with Crippen molar-refractivity contribution < 1.29 is 17.6 Å². The molecule has 0 fully saturated rings. The largest absolute Gasteiger partial charge is 0.336 e. The lowest BCUT2D eigenvalue weighted by atomic mass is 10.1. The Morgan fingerprint density at radius 1 is 0.941 bits per heavy atom. The number of carbonyl (C=O) groups is 1. The van der Waals surface area contributed by atoms with Crippen LogP contribution in [0.15, 0.2) is 81.4 Å². The molecule has 0 bridgehead atoms. The van der Waals surface area contributed by atoms with Crippen LogP contribution in [-0.4, -0.2) is 18.9 Å². The highest BCUT2D eigenvalue weighted by Gasteiger charge is 2.25. The zero-order valence-electron chi connectivity index (χ0n) is 18.9. The van der Waals surface area contributed by atoms with Gasteiger partial charge in [0.15, 0.2) is 0 Å². The fourth-order valence-electron chi connectivity index (χ4n) is 3.70. The van der Waals surface area contributed by atoms with Crippen molar-refractivity contribution in [3.63, 3.8) is 0 Å². The number of pyridine rings is 1. The number of benzene rings is 3. The quantitative estimate of drug-likeness (QED) is 0.457. The van der Waals surface area contributed by atoms with Crippen LogP contribution in [0.3, 0.4) is 0 Å². The number of halogens is 1. The predicted molar refractivity (Wildman–Crippen MR) is 129 cm³/mol. The third kappa shape index (κ3) is 4.49. The van der Waals surface area contributed by atoms with Crippen molar-refractivity contribution in [1.29, 1.82) is 0 Å². The third-order valence-corrected chi connectivity index (χ3v) is 7.47. The second kappa shape index (κ2) is 8.87. The van der Waals surface area contributed by atoms with E-state index in [9.17, 15) is 22.4 Å². The molecule has 0 saturated heterocycles. The van der Waals surface area contributed by atoms with Crippen LogP contribution in [0.25, 0.3) is 10.9 Å². The Balaban J connectivity index is 1.83. The molecular weight excluding hydrogens is 455 g/mol. The van der Waals surface area contributed by atoms with Crippen molar-refractivity contribution in [2.24, 2.45) is 0 Å². The lowest BCUT2D eigenvalue weighted by molar-refractivity contribution is -0.116. The second-order valence-electron chi connectivity index (χ2n) is 8.28. The number of anilines is 1. The molecule has 6 nitrogen and oxygen atoms in total. The van der Waals surface area contributed by atoms with Crippen LogP contribution < -0.4 is 10.7 Å². The van der Waals surface area contributed by atoms with Crippen molar-refractivity contribution in [3.8, 4) is 0 Å². The molecule has 1 heterocycles. The number of aryl methyl sites for hydroxylation is 3. The van der Waals surface area contributed by atoms with Crippen molar-refractivity contribution >= 4 is 32.3 Å². The van der Waals surface area contributed by atoms with E-state index < -0.39 is 31.9 Å². The number of rotatable bonds is 5. The van der Waals surface area contributed by atoms with Crippen LogP contribution in [0.5, 0.6) is 0 Å². The van der Waals surface area contributed by atoms with Gasteiger partial charge in [-0.15, -0.1) is 0 Å². The molecule has 0 unspecified atom stereocenters. The summed E-state index contributed by atoms with van der Waals surface area (Å²) in [5.41, 5.74) is 2.72. The highest BCUT2D eigenvalue weighted by molar-refractivity contribution is 7.91. The number of hydrogen-bond acceptors (Lipinski definition) is 4. The number of carbonyl (C=O) groups excluding carboxylic acids is 1. The molecule has 0 atom stereocenters. The summed E-state index contributed by atoms with van der Waals surface area (Å²) in [4.78, 5) is 25.6. The number of fused-ring (bicyclic) bond motifs is 1. The molecule has 0 aliphatic rings. The standard InChI is InChI=1S/C26H23FN2O4S/c1-16-4-11-23-22(12-16)26(31)24(34(32,33)21-10-5-17(2)18(3)13-21)14-29(23)15-25(30)28-20-8-6-19(27)7-9-20/h4-14H,15H2,1-3H3,(H,28,30). The van der Waals surface area contributed by atoms with Gasteiger partial charge in [-0.25, -0.2) is 12.8 Å². The fourth-order valence-corrected chi connectivity index (χ4v) is 5.16. The topological polar surface area (TPSA) is 85.2 Å². The summed E-state index contributed by atoms with van der Waals surface area (Å²) in [6.07, 6.45) is 1.22. The van der Waals surface area contributed by atoms with E-state index in [0.29, 0.717) is 11.2 Å². The number of amides is 1. The first-order chi connectivity index (χ1) is 16.1. The lowest BCUT2D eigenvalue weighted by Crippen LogP contribution is -2.24. The van der Waals surface area contributed by atoms with Gasteiger partial charge in [0.2, 0.25) is 21.2 Å². The maximum Gasteiger partial charge on any atom is 0.244 e. The molecule has 1 aromatic heterocycles. The maximum atomic E-state index is 13.5. The van der Waals surface area contributed by atoms with E-state index in [2.05, 4.69) is 5.32 Å². The van der Waals surface area contributed by atoms with Crippen LogP contribution >= 0.6 is 0 Å². The minimum atomic E-state index is -4.14. The van der Waals surface area contributed by atoms with Crippen LogP contribution in [0.2, 0.25) is 0 Å². The summed E-state index contributed by atoms with van der Waals surface area (Å²) in [5.74, 6) is -0.882. The van der Waals surface area contributed by atoms with Gasteiger partial charge in [-0.05, 0) is 80.4 Å². The smallest absolute Gasteiger partial charge is 0.244 e. The molecule has 0 radical (unpaired) electrons. The number of nitrogens with one attached hydrogen (secondary N) is 1. The molecule has 1 amide bonds. The van der Waals surface area contributed by atoms with Crippen LogP contribution in [0.1, 0.15) is 16.7 Å². The molecule has 174 valence electrons. The molecule has 8 heteroatoms. The van der Waals surface area contributed by atoms with Gasteiger partial charge in [0, 0.05) is 17.3 Å². The fraction of sp³-hybridized carbons (Fsp3) is 0.154. The van der Waals surface area contributed by atoms with Crippen LogP contribution in [0.4, 0.5) is 10.1 Å². The highest BCUT2D eigenvalue weighted by atomic mass is 32.2. The Morgan fingerprint density at radius 3 is 2.32 bits per heavy atom. The molecule has 34 heavy (non-hydrogen) atoms. The normalized spacial score (nSPS) is 11.5. The number of hydrogen-bond donors (Lipinski definition) is 1. The zero-order chi connectivity index (χ0) is 24.6. The van der Waals surface area contributed by atoms with Gasteiger partial charge in [0.05, 0.1) is 10.4 Å². The minimum Gasteiger partial charge on any atom is -0.336 e. The number of sulfone groups is 1.